The number of hydrogen-bond donors (Lipinski definition) is 0. The van der Waals surface area contributed by atoms with Crippen molar-refractivity contribution in [3.63, 3.8) is 0 Å². The highest BCUT2D eigenvalue weighted by Crippen LogP contribution is 2.23. The molecule has 2 aromatic carbocycles. The minimum Gasteiger partial charge on any atom is -0.327 e. The highest BCUT2D eigenvalue weighted by Gasteiger charge is 2.42. The molecule has 0 unspecified atom stereocenters. The molecule has 11 nitrogen and oxygen atoms in total. The second-order valence-corrected chi connectivity index (χ2v) is 11.8. The molecule has 43 heavy (non-hydrogen) atoms. The van der Waals surface area contributed by atoms with E-state index >= 15 is 0 Å². The number of anilines is 1. The van der Waals surface area contributed by atoms with Gasteiger partial charge in [-0.2, -0.15) is 13.2 Å². The lowest BCUT2D eigenvalue weighted by molar-refractivity contribution is -0.202. The smallest absolute Gasteiger partial charge is 0.327 e. The van der Waals surface area contributed by atoms with Crippen molar-refractivity contribution in [2.24, 2.45) is 0 Å². The molecule has 1 aliphatic rings. The Labute approximate surface area is 242 Å². The molecular formula is C27H24F4N4O7S. The van der Waals surface area contributed by atoms with E-state index in [1.807, 2.05) is 0 Å². The molecule has 228 valence electrons. The molecule has 4 rings (SSSR count). The Morgan fingerprint density at radius 3 is 2.23 bits per heavy atom. The minimum atomic E-state index is -5.37. The fourth-order valence-electron chi connectivity index (χ4n) is 4.31. The molecule has 0 N–H and O–H groups in total. The molecule has 3 aromatic rings. The molecule has 1 fully saturated rings. The third kappa shape index (κ3) is 6.74. The Balaban J connectivity index is 1.53. The number of sulfone groups is 1. The van der Waals surface area contributed by atoms with Crippen LogP contribution >= 0.6 is 0 Å². The maximum Gasteiger partial charge on any atom is 0.493 e. The monoisotopic (exact) mass is 624 g/mol. The summed E-state index contributed by atoms with van der Waals surface area (Å²) in [6, 6.07) is 9.18. The summed E-state index contributed by atoms with van der Waals surface area (Å²) >= 11 is 0. The number of piperazine rings is 1. The standard InChI is InChI=1S/C27H24F4N4O7S/c1-15-16(2)24(37)35(42-26(39)27(29,30)31)32-22(15)13-17-4-9-21(28)20(12-17)25(38)33-10-11-34(23(36)14-33)18-5-7-19(8-6-18)43(3,40)41/h4-9,12H,10-11,13-14H2,1-3H3. The number of rotatable bonds is 6. The van der Waals surface area contributed by atoms with E-state index in [2.05, 4.69) is 9.94 Å². The zero-order valence-electron chi connectivity index (χ0n) is 22.9. The molecule has 0 radical (unpaired) electrons. The molecule has 0 saturated carbocycles. The van der Waals surface area contributed by atoms with Crippen molar-refractivity contribution >= 4 is 33.3 Å². The molecule has 2 amide bonds. The summed E-state index contributed by atoms with van der Waals surface area (Å²) in [5.41, 5.74) is -0.455. The van der Waals surface area contributed by atoms with E-state index in [0.29, 0.717) is 11.3 Å². The van der Waals surface area contributed by atoms with Gasteiger partial charge in [0.2, 0.25) is 5.91 Å². The maximum atomic E-state index is 14.8. The largest absolute Gasteiger partial charge is 0.493 e. The third-order valence-corrected chi connectivity index (χ3v) is 7.95. The number of alkyl halides is 3. The SMILES string of the molecule is Cc1c(Cc2ccc(F)c(C(=O)N3CCN(c4ccc(S(C)(=O)=O)cc4)C(=O)C3)c2)nn(OC(=O)C(F)(F)F)c(=O)c1C. The molecule has 0 atom stereocenters. The highest BCUT2D eigenvalue weighted by molar-refractivity contribution is 7.90. The van der Waals surface area contributed by atoms with Crippen molar-refractivity contribution in [3.8, 4) is 0 Å². The number of hydrogen-bond acceptors (Lipinski definition) is 8. The van der Waals surface area contributed by atoms with E-state index in [9.17, 15) is 45.2 Å². The number of carbonyl (C=O) groups is 3. The lowest BCUT2D eigenvalue weighted by atomic mass is 10.0. The molecule has 2 heterocycles. The van der Waals surface area contributed by atoms with E-state index in [1.54, 1.807) is 0 Å². The molecular weight excluding hydrogens is 600 g/mol. The number of amides is 2. The van der Waals surface area contributed by atoms with Gasteiger partial charge in [0, 0.05) is 37.0 Å². The highest BCUT2D eigenvalue weighted by atomic mass is 32.2. The maximum absolute atomic E-state index is 14.8. The van der Waals surface area contributed by atoms with Crippen molar-refractivity contribution in [1.29, 1.82) is 0 Å². The van der Waals surface area contributed by atoms with Gasteiger partial charge in [0.1, 0.15) is 12.4 Å². The first-order valence-corrected chi connectivity index (χ1v) is 14.4. The van der Waals surface area contributed by atoms with Crippen LogP contribution in [0.5, 0.6) is 0 Å². The summed E-state index contributed by atoms with van der Waals surface area (Å²) in [6.45, 7) is 2.50. The summed E-state index contributed by atoms with van der Waals surface area (Å²) in [5.74, 6) is -4.80. The van der Waals surface area contributed by atoms with Gasteiger partial charge in [0.05, 0.1) is 16.2 Å². The third-order valence-electron chi connectivity index (χ3n) is 6.82. The van der Waals surface area contributed by atoms with E-state index in [4.69, 9.17) is 0 Å². The molecule has 0 aliphatic carbocycles. The quantitative estimate of drug-likeness (QED) is 0.380. The van der Waals surface area contributed by atoms with Crippen LogP contribution in [0.25, 0.3) is 0 Å². The summed E-state index contributed by atoms with van der Waals surface area (Å²) in [7, 11) is -3.43. The Bertz CT molecular complexity index is 1790. The zero-order valence-corrected chi connectivity index (χ0v) is 23.8. The van der Waals surface area contributed by atoms with Gasteiger partial charge in [0.25, 0.3) is 5.91 Å². The van der Waals surface area contributed by atoms with Gasteiger partial charge >= 0.3 is 17.7 Å². The first kappa shape index (κ1) is 31.3. The van der Waals surface area contributed by atoms with Crippen LogP contribution < -0.4 is 15.3 Å². The summed E-state index contributed by atoms with van der Waals surface area (Å²) in [6.07, 6.45) is -4.49. The van der Waals surface area contributed by atoms with Gasteiger partial charge in [-0.3, -0.25) is 14.4 Å². The van der Waals surface area contributed by atoms with Crippen molar-refractivity contribution in [1.82, 2.24) is 14.8 Å². The lowest BCUT2D eigenvalue weighted by Crippen LogP contribution is -2.52. The topological polar surface area (TPSA) is 136 Å². The van der Waals surface area contributed by atoms with Crippen molar-refractivity contribution in [2.75, 3.05) is 30.8 Å². The second-order valence-electron chi connectivity index (χ2n) is 9.78. The van der Waals surface area contributed by atoms with Gasteiger partial charge in [-0.05, 0) is 66.2 Å². The van der Waals surface area contributed by atoms with Crippen LogP contribution in [-0.4, -0.2) is 73.1 Å². The van der Waals surface area contributed by atoms with Gasteiger partial charge in [-0.15, -0.1) is 5.10 Å². The van der Waals surface area contributed by atoms with Crippen molar-refractivity contribution < 1.29 is 45.2 Å². The number of aromatic nitrogens is 2. The average molecular weight is 625 g/mol. The Morgan fingerprint density at radius 1 is 1.00 bits per heavy atom. The number of benzene rings is 2. The van der Waals surface area contributed by atoms with Gasteiger partial charge in [-0.1, -0.05) is 6.07 Å². The predicted molar refractivity (Wildman–Crippen MR) is 143 cm³/mol. The van der Waals surface area contributed by atoms with Gasteiger partial charge in [-0.25, -0.2) is 17.6 Å². The van der Waals surface area contributed by atoms with Crippen molar-refractivity contribution in [2.45, 2.75) is 31.3 Å². The lowest BCUT2D eigenvalue weighted by Gasteiger charge is -2.34. The minimum absolute atomic E-state index is 0.0303. The van der Waals surface area contributed by atoms with E-state index in [0.717, 1.165) is 17.2 Å². The summed E-state index contributed by atoms with van der Waals surface area (Å²) in [4.78, 5) is 56.3. The van der Waals surface area contributed by atoms with Crippen LogP contribution in [0, 0.1) is 19.7 Å². The van der Waals surface area contributed by atoms with Crippen molar-refractivity contribution in [3.05, 3.63) is 86.6 Å². The molecule has 1 aliphatic heterocycles. The summed E-state index contributed by atoms with van der Waals surface area (Å²) < 4.78 is 76.1. The van der Waals surface area contributed by atoms with Crippen LogP contribution in [0.1, 0.15) is 32.7 Å². The normalized spacial score (nSPS) is 14.2. The van der Waals surface area contributed by atoms with Gasteiger partial charge < -0.3 is 14.6 Å². The Morgan fingerprint density at radius 2 is 1.65 bits per heavy atom. The van der Waals surface area contributed by atoms with E-state index in [1.165, 1.54) is 55.1 Å². The fourth-order valence-corrected chi connectivity index (χ4v) is 4.94. The van der Waals surface area contributed by atoms with Crippen LogP contribution in [0.15, 0.2) is 52.2 Å². The van der Waals surface area contributed by atoms with Crippen LogP contribution in [0.3, 0.4) is 0 Å². The zero-order chi connectivity index (χ0) is 31.9. The first-order valence-electron chi connectivity index (χ1n) is 12.5. The number of halogens is 4. The van der Waals surface area contributed by atoms with E-state index in [-0.39, 0.29) is 58.2 Å². The number of carbonyl (C=O) groups excluding carboxylic acids is 3. The fraction of sp³-hybridized carbons (Fsp3) is 0.296. The molecule has 0 bridgehead atoms. The Hall–Kier alpha value is -4.60. The van der Waals surface area contributed by atoms with E-state index < -0.39 is 45.2 Å². The van der Waals surface area contributed by atoms with Crippen LogP contribution in [-0.2, 0) is 25.8 Å². The van der Waals surface area contributed by atoms with Gasteiger partial charge in [0.15, 0.2) is 9.84 Å². The number of nitrogens with zero attached hydrogens (tertiary/aromatic N) is 4. The average Bonchev–Trinajstić information content (AvgIpc) is 2.94. The first-order chi connectivity index (χ1) is 20.0. The predicted octanol–water partition coefficient (Wildman–Crippen LogP) is 2.00. The van der Waals surface area contributed by atoms with Crippen LogP contribution in [0.4, 0.5) is 23.2 Å². The molecule has 1 saturated heterocycles. The molecule has 16 heteroatoms. The van der Waals surface area contributed by atoms with Crippen LogP contribution in [0.2, 0.25) is 0 Å². The second kappa shape index (κ2) is 11.6. The summed E-state index contributed by atoms with van der Waals surface area (Å²) in [5, 5.41) is 3.72. The Kier molecular flexibility index (Phi) is 8.44. The molecule has 1 aromatic heterocycles. The molecule has 0 spiro atoms.